The molecular weight excluding hydrogens is 460 g/mol. The van der Waals surface area contributed by atoms with Gasteiger partial charge in [0.05, 0.1) is 34.9 Å². The monoisotopic (exact) mass is 488 g/mol. The first kappa shape index (κ1) is 23.7. The van der Waals surface area contributed by atoms with E-state index in [0.29, 0.717) is 43.5 Å². The Balaban J connectivity index is 1.51. The summed E-state index contributed by atoms with van der Waals surface area (Å²) in [5.41, 5.74) is 4.51. The van der Waals surface area contributed by atoms with Crippen molar-refractivity contribution in [1.82, 2.24) is 13.9 Å². The molecule has 1 amide bonds. The molecule has 0 radical (unpaired) electrons. The molecule has 3 aromatic rings. The number of sulfonamides is 1. The number of rotatable bonds is 7. The summed E-state index contributed by atoms with van der Waals surface area (Å²) in [6.07, 6.45) is 0. The molecule has 10 heteroatoms. The fourth-order valence-corrected chi connectivity index (χ4v) is 6.05. The van der Waals surface area contributed by atoms with E-state index in [4.69, 9.17) is 4.74 Å². The summed E-state index contributed by atoms with van der Waals surface area (Å²) in [5, 5.41) is 3.61. The highest BCUT2D eigenvalue weighted by Gasteiger charge is 2.27. The van der Waals surface area contributed by atoms with Crippen molar-refractivity contribution in [2.24, 2.45) is 0 Å². The molecule has 0 atom stereocenters. The van der Waals surface area contributed by atoms with E-state index in [1.54, 1.807) is 18.2 Å². The first-order valence-corrected chi connectivity index (χ1v) is 13.3. The van der Waals surface area contributed by atoms with Crippen LogP contribution in [0, 0.1) is 13.8 Å². The average Bonchev–Trinajstić information content (AvgIpc) is 3.17. The van der Waals surface area contributed by atoms with Crippen LogP contribution in [0.1, 0.15) is 18.1 Å². The van der Waals surface area contributed by atoms with Gasteiger partial charge in [0.25, 0.3) is 0 Å². The van der Waals surface area contributed by atoms with Crippen LogP contribution >= 0.6 is 11.8 Å². The number of aromatic nitrogens is 2. The Bertz CT molecular complexity index is 1280. The van der Waals surface area contributed by atoms with Crippen LogP contribution in [-0.4, -0.2) is 60.2 Å². The van der Waals surface area contributed by atoms with Crippen molar-refractivity contribution in [3.63, 3.8) is 0 Å². The Morgan fingerprint density at radius 1 is 1.12 bits per heavy atom. The second kappa shape index (κ2) is 9.84. The molecular formula is C23H28N4O4S2. The third kappa shape index (κ3) is 5.08. The van der Waals surface area contributed by atoms with Gasteiger partial charge in [-0.15, -0.1) is 0 Å². The Hall–Kier alpha value is -2.40. The summed E-state index contributed by atoms with van der Waals surface area (Å²) < 4.78 is 34.7. The minimum atomic E-state index is -3.60. The number of fused-ring (bicyclic) bond motifs is 1. The lowest BCUT2D eigenvalue weighted by atomic mass is 10.1. The van der Waals surface area contributed by atoms with Crippen LogP contribution in [0.5, 0.6) is 0 Å². The number of nitrogens with zero attached hydrogens (tertiary/aromatic N) is 3. The number of amides is 1. The molecule has 4 rings (SSSR count). The molecule has 2 heterocycles. The summed E-state index contributed by atoms with van der Waals surface area (Å²) in [6, 6.07) is 10.9. The smallest absolute Gasteiger partial charge is 0.243 e. The standard InChI is InChI=1S/C23H28N4O4S2/c1-4-27-21-8-7-19(33(29,30)26-9-11-31-12-10-26)14-20(21)25-23(27)32-15-22(28)24-18-6-5-16(2)17(3)13-18/h5-8,13-14H,4,9-12,15H2,1-3H3,(H,24,28). The largest absolute Gasteiger partial charge is 0.379 e. The highest BCUT2D eigenvalue weighted by atomic mass is 32.2. The van der Waals surface area contributed by atoms with Gasteiger partial charge in [-0.1, -0.05) is 17.8 Å². The van der Waals surface area contributed by atoms with E-state index in [9.17, 15) is 13.2 Å². The predicted octanol–water partition coefficient (Wildman–Crippen LogP) is 3.42. The van der Waals surface area contributed by atoms with E-state index in [-0.39, 0.29) is 16.6 Å². The Morgan fingerprint density at radius 3 is 2.58 bits per heavy atom. The maximum atomic E-state index is 13.0. The fraction of sp³-hybridized carbons (Fsp3) is 0.391. The highest BCUT2D eigenvalue weighted by molar-refractivity contribution is 7.99. The molecule has 2 aromatic carbocycles. The molecule has 1 aromatic heterocycles. The molecule has 0 saturated carbocycles. The van der Waals surface area contributed by atoms with E-state index in [2.05, 4.69) is 10.3 Å². The molecule has 0 unspecified atom stereocenters. The summed E-state index contributed by atoms with van der Waals surface area (Å²) in [7, 11) is -3.60. The Labute approximate surface area is 198 Å². The van der Waals surface area contributed by atoms with E-state index in [1.807, 2.05) is 43.5 Å². The van der Waals surface area contributed by atoms with Gasteiger partial charge in [0.2, 0.25) is 15.9 Å². The van der Waals surface area contributed by atoms with Gasteiger partial charge >= 0.3 is 0 Å². The lowest BCUT2D eigenvalue weighted by Gasteiger charge is -2.26. The van der Waals surface area contributed by atoms with E-state index in [1.165, 1.54) is 21.6 Å². The zero-order valence-corrected chi connectivity index (χ0v) is 20.6. The number of anilines is 1. The minimum absolute atomic E-state index is 0.117. The lowest BCUT2D eigenvalue weighted by molar-refractivity contribution is -0.113. The van der Waals surface area contributed by atoms with Crippen molar-refractivity contribution in [1.29, 1.82) is 0 Å². The maximum Gasteiger partial charge on any atom is 0.243 e. The Morgan fingerprint density at radius 2 is 1.88 bits per heavy atom. The quantitative estimate of drug-likeness (QED) is 0.512. The molecule has 0 aliphatic carbocycles. The van der Waals surface area contributed by atoms with Crippen LogP contribution in [-0.2, 0) is 26.1 Å². The van der Waals surface area contributed by atoms with Crippen molar-refractivity contribution >= 4 is 44.4 Å². The van der Waals surface area contributed by atoms with Gasteiger partial charge < -0.3 is 14.6 Å². The number of aryl methyl sites for hydroxylation is 3. The number of imidazole rings is 1. The molecule has 0 spiro atoms. The number of nitrogens with one attached hydrogen (secondary N) is 1. The molecule has 176 valence electrons. The number of hydrogen-bond donors (Lipinski definition) is 1. The number of benzene rings is 2. The van der Waals surface area contributed by atoms with Crippen molar-refractivity contribution in [3.8, 4) is 0 Å². The summed E-state index contributed by atoms with van der Waals surface area (Å²) >= 11 is 1.34. The molecule has 1 fully saturated rings. The van der Waals surface area contributed by atoms with Crippen LogP contribution in [0.3, 0.4) is 0 Å². The number of carbonyl (C=O) groups excluding carboxylic acids is 1. The molecule has 1 aliphatic heterocycles. The molecule has 8 nitrogen and oxygen atoms in total. The summed E-state index contributed by atoms with van der Waals surface area (Å²) in [5.74, 6) is 0.0865. The highest BCUT2D eigenvalue weighted by Crippen LogP contribution is 2.28. The lowest BCUT2D eigenvalue weighted by Crippen LogP contribution is -2.40. The van der Waals surface area contributed by atoms with E-state index < -0.39 is 10.0 Å². The number of morpholine rings is 1. The van der Waals surface area contributed by atoms with Gasteiger partial charge in [0, 0.05) is 25.3 Å². The Kier molecular flexibility index (Phi) is 7.08. The number of carbonyl (C=O) groups is 1. The SMILES string of the molecule is CCn1c(SCC(=O)Nc2ccc(C)c(C)c2)nc2cc(S(=O)(=O)N3CCOCC3)ccc21. The van der Waals surface area contributed by atoms with Gasteiger partial charge in [-0.05, 0) is 62.2 Å². The normalized spacial score (nSPS) is 15.1. The van der Waals surface area contributed by atoms with E-state index >= 15 is 0 Å². The fourth-order valence-electron chi connectivity index (χ4n) is 3.75. The predicted molar refractivity (Wildman–Crippen MR) is 130 cm³/mol. The van der Waals surface area contributed by atoms with Crippen LogP contribution in [0.2, 0.25) is 0 Å². The maximum absolute atomic E-state index is 13.0. The van der Waals surface area contributed by atoms with Crippen molar-refractivity contribution < 1.29 is 17.9 Å². The van der Waals surface area contributed by atoms with Crippen molar-refractivity contribution in [2.45, 2.75) is 37.4 Å². The first-order chi connectivity index (χ1) is 15.8. The zero-order valence-electron chi connectivity index (χ0n) is 19.0. The van der Waals surface area contributed by atoms with Crippen molar-refractivity contribution in [2.75, 3.05) is 37.4 Å². The van der Waals surface area contributed by atoms with Gasteiger partial charge in [0.1, 0.15) is 0 Å². The molecule has 1 N–H and O–H groups in total. The molecule has 33 heavy (non-hydrogen) atoms. The summed E-state index contributed by atoms with van der Waals surface area (Å²) in [6.45, 7) is 8.20. The van der Waals surface area contributed by atoms with Crippen LogP contribution in [0.25, 0.3) is 11.0 Å². The third-order valence-corrected chi connectivity index (χ3v) is 8.60. The second-order valence-corrected chi connectivity index (χ2v) is 10.8. The molecule has 1 saturated heterocycles. The number of thioether (sulfide) groups is 1. The van der Waals surface area contributed by atoms with Crippen LogP contribution < -0.4 is 5.32 Å². The van der Waals surface area contributed by atoms with Gasteiger partial charge in [-0.3, -0.25) is 4.79 Å². The van der Waals surface area contributed by atoms with Crippen LogP contribution in [0.4, 0.5) is 5.69 Å². The third-order valence-electron chi connectivity index (χ3n) is 5.73. The number of ether oxygens (including phenoxy) is 1. The van der Waals surface area contributed by atoms with Crippen molar-refractivity contribution in [3.05, 3.63) is 47.5 Å². The first-order valence-electron chi connectivity index (χ1n) is 10.9. The second-order valence-electron chi connectivity index (χ2n) is 7.94. The number of hydrogen-bond acceptors (Lipinski definition) is 6. The zero-order chi connectivity index (χ0) is 23.6. The van der Waals surface area contributed by atoms with Crippen LogP contribution in [0.15, 0.2) is 46.5 Å². The van der Waals surface area contributed by atoms with Gasteiger partial charge in [0.15, 0.2) is 5.16 Å². The minimum Gasteiger partial charge on any atom is -0.379 e. The van der Waals surface area contributed by atoms with Gasteiger partial charge in [-0.25, -0.2) is 13.4 Å². The van der Waals surface area contributed by atoms with Gasteiger partial charge in [-0.2, -0.15) is 4.31 Å². The molecule has 1 aliphatic rings. The molecule has 0 bridgehead atoms. The van der Waals surface area contributed by atoms with E-state index in [0.717, 1.165) is 16.8 Å². The average molecular weight is 489 g/mol. The topological polar surface area (TPSA) is 93.5 Å². The summed E-state index contributed by atoms with van der Waals surface area (Å²) in [4.78, 5) is 17.4.